The van der Waals surface area contributed by atoms with Crippen LogP contribution in [0.4, 0.5) is 0 Å². The molecule has 0 aliphatic carbocycles. The number of phenols is 1. The van der Waals surface area contributed by atoms with Crippen LogP contribution in [0.5, 0.6) is 11.5 Å². The first-order chi connectivity index (χ1) is 12.8. The van der Waals surface area contributed by atoms with Gasteiger partial charge in [0.05, 0.1) is 7.11 Å². The van der Waals surface area contributed by atoms with Gasteiger partial charge < -0.3 is 14.6 Å². The third-order valence-electron chi connectivity index (χ3n) is 3.88. The number of ether oxygens (including phenoxy) is 2. The fourth-order valence-electron chi connectivity index (χ4n) is 2.16. The molecule has 0 aliphatic rings. The van der Waals surface area contributed by atoms with Gasteiger partial charge in [0, 0.05) is 6.08 Å². The molecule has 0 bridgehead atoms. The first kappa shape index (κ1) is 22.3. The van der Waals surface area contributed by atoms with Crippen molar-refractivity contribution in [3.05, 3.63) is 64.8 Å². The number of aromatic hydroxyl groups is 1. The lowest BCUT2D eigenvalue weighted by Crippen LogP contribution is -2.00. The van der Waals surface area contributed by atoms with E-state index in [4.69, 9.17) is 9.47 Å². The molecule has 0 aliphatic heterocycles. The van der Waals surface area contributed by atoms with Gasteiger partial charge in [0.25, 0.3) is 0 Å². The van der Waals surface area contributed by atoms with Crippen molar-refractivity contribution in [3.63, 3.8) is 0 Å². The Bertz CT molecular complexity index is 748. The van der Waals surface area contributed by atoms with Crippen LogP contribution < -0.4 is 4.74 Å². The normalized spacial score (nSPS) is 12.2. The van der Waals surface area contributed by atoms with Gasteiger partial charge in [0.2, 0.25) is 0 Å². The average Bonchev–Trinajstić information content (AvgIpc) is 2.63. The monoisotopic (exact) mass is 370 g/mol. The molecule has 146 valence electrons. The molecule has 1 aromatic carbocycles. The van der Waals surface area contributed by atoms with Crippen LogP contribution in [0, 0.1) is 0 Å². The van der Waals surface area contributed by atoms with Crippen LogP contribution in [0.15, 0.2) is 59.2 Å². The Morgan fingerprint density at radius 1 is 1.04 bits per heavy atom. The summed E-state index contributed by atoms with van der Waals surface area (Å²) in [7, 11) is 1.48. The maximum Gasteiger partial charge on any atom is 0.331 e. The molecule has 27 heavy (non-hydrogen) atoms. The SMILES string of the molecule is COc1ccc(C=CC(=O)OCC=C(C)CC=C(C)CC=C(C)C)cc1O. The number of phenolic OH excluding ortho intramolecular Hbond substituents is 1. The van der Waals surface area contributed by atoms with Crippen molar-refractivity contribution in [2.24, 2.45) is 0 Å². The molecule has 0 unspecified atom stereocenters. The Balaban J connectivity index is 2.45. The van der Waals surface area contributed by atoms with Crippen molar-refractivity contribution in [1.29, 1.82) is 0 Å². The molecule has 0 amide bonds. The Morgan fingerprint density at radius 3 is 2.33 bits per heavy atom. The number of hydrogen-bond donors (Lipinski definition) is 1. The Morgan fingerprint density at radius 2 is 1.70 bits per heavy atom. The van der Waals surface area contributed by atoms with Crippen LogP contribution >= 0.6 is 0 Å². The highest BCUT2D eigenvalue weighted by Crippen LogP contribution is 2.26. The minimum absolute atomic E-state index is 0.0273. The molecule has 1 aromatic rings. The van der Waals surface area contributed by atoms with Crippen molar-refractivity contribution in [1.82, 2.24) is 0 Å². The Kier molecular flexibility index (Phi) is 9.73. The minimum Gasteiger partial charge on any atom is -0.504 e. The number of hydrogen-bond acceptors (Lipinski definition) is 4. The van der Waals surface area contributed by atoms with Gasteiger partial charge in [-0.05, 0) is 70.4 Å². The van der Waals surface area contributed by atoms with E-state index >= 15 is 0 Å². The largest absolute Gasteiger partial charge is 0.504 e. The lowest BCUT2D eigenvalue weighted by atomic mass is 10.1. The Hall–Kier alpha value is -2.75. The summed E-state index contributed by atoms with van der Waals surface area (Å²) in [5, 5.41) is 9.72. The van der Waals surface area contributed by atoms with Crippen LogP contribution in [0.3, 0.4) is 0 Å². The van der Waals surface area contributed by atoms with Crippen LogP contribution in [0.2, 0.25) is 0 Å². The summed E-state index contributed by atoms with van der Waals surface area (Å²) in [6, 6.07) is 4.91. The quantitative estimate of drug-likeness (QED) is 0.349. The molecule has 0 saturated heterocycles. The molecule has 0 atom stereocenters. The van der Waals surface area contributed by atoms with Crippen LogP contribution in [-0.2, 0) is 9.53 Å². The number of benzene rings is 1. The van der Waals surface area contributed by atoms with E-state index in [0.29, 0.717) is 11.3 Å². The highest BCUT2D eigenvalue weighted by atomic mass is 16.5. The zero-order chi connectivity index (χ0) is 20.2. The fourth-order valence-corrected chi connectivity index (χ4v) is 2.16. The summed E-state index contributed by atoms with van der Waals surface area (Å²) in [6.45, 7) is 8.57. The van der Waals surface area contributed by atoms with Crippen LogP contribution in [-0.4, -0.2) is 24.8 Å². The maximum atomic E-state index is 11.8. The highest BCUT2D eigenvalue weighted by molar-refractivity contribution is 5.87. The van der Waals surface area contributed by atoms with Gasteiger partial charge in [-0.25, -0.2) is 4.79 Å². The van der Waals surface area contributed by atoms with E-state index in [-0.39, 0.29) is 12.4 Å². The van der Waals surface area contributed by atoms with Crippen LogP contribution in [0.25, 0.3) is 6.08 Å². The van der Waals surface area contributed by atoms with E-state index in [1.165, 1.54) is 30.4 Å². The summed E-state index contributed by atoms with van der Waals surface area (Å²) < 4.78 is 10.2. The first-order valence-electron chi connectivity index (χ1n) is 8.98. The van der Waals surface area contributed by atoms with Crippen molar-refractivity contribution in [2.75, 3.05) is 13.7 Å². The van der Waals surface area contributed by atoms with E-state index in [1.807, 2.05) is 13.0 Å². The summed E-state index contributed by atoms with van der Waals surface area (Å²) in [4.78, 5) is 11.8. The standard InChI is InChI=1S/C23H30O4/c1-17(2)6-7-18(3)8-9-19(4)14-15-27-23(25)13-11-20-10-12-22(26-5)21(24)16-20/h6,8,10-14,16,24H,7,9,15H2,1-5H3. The number of esters is 1. The van der Waals surface area contributed by atoms with Crippen molar-refractivity contribution >= 4 is 12.0 Å². The van der Waals surface area contributed by atoms with Crippen molar-refractivity contribution in [3.8, 4) is 11.5 Å². The molecule has 0 radical (unpaired) electrons. The van der Waals surface area contributed by atoms with Gasteiger partial charge in [-0.3, -0.25) is 0 Å². The zero-order valence-corrected chi connectivity index (χ0v) is 16.9. The van der Waals surface area contributed by atoms with Gasteiger partial charge in [-0.1, -0.05) is 34.9 Å². The Labute approximate surface area is 162 Å². The smallest absolute Gasteiger partial charge is 0.331 e. The predicted molar refractivity (Wildman–Crippen MR) is 111 cm³/mol. The van der Waals surface area contributed by atoms with Crippen molar-refractivity contribution < 1.29 is 19.4 Å². The molecule has 0 saturated carbocycles. The maximum absolute atomic E-state index is 11.8. The fraction of sp³-hybridized carbons (Fsp3) is 0.348. The molecule has 1 N–H and O–H groups in total. The molecule has 1 rings (SSSR count). The van der Waals surface area contributed by atoms with E-state index in [2.05, 4.69) is 32.9 Å². The summed E-state index contributed by atoms with van der Waals surface area (Å²) in [5.41, 5.74) is 4.49. The zero-order valence-electron chi connectivity index (χ0n) is 16.9. The minimum atomic E-state index is -0.426. The second kappa shape index (κ2) is 11.8. The molecule has 4 heteroatoms. The molecular formula is C23H30O4. The molecule has 0 heterocycles. The number of carbonyl (C=O) groups excluding carboxylic acids is 1. The van der Waals surface area contributed by atoms with Gasteiger partial charge in [0.1, 0.15) is 6.61 Å². The topological polar surface area (TPSA) is 55.8 Å². The third kappa shape index (κ3) is 9.50. The molecule has 0 spiro atoms. The molecule has 4 nitrogen and oxygen atoms in total. The number of rotatable bonds is 9. The second-order valence-corrected chi connectivity index (χ2v) is 6.69. The summed E-state index contributed by atoms with van der Waals surface area (Å²) in [5.74, 6) is -0.00961. The van der Waals surface area contributed by atoms with E-state index in [0.717, 1.165) is 18.4 Å². The molecule has 0 aromatic heterocycles. The van der Waals surface area contributed by atoms with E-state index in [1.54, 1.807) is 18.2 Å². The van der Waals surface area contributed by atoms with Gasteiger partial charge >= 0.3 is 5.97 Å². The lowest BCUT2D eigenvalue weighted by Gasteiger charge is -2.03. The van der Waals surface area contributed by atoms with Gasteiger partial charge in [-0.15, -0.1) is 0 Å². The lowest BCUT2D eigenvalue weighted by molar-refractivity contribution is -0.136. The number of carbonyl (C=O) groups is 1. The highest BCUT2D eigenvalue weighted by Gasteiger charge is 2.01. The van der Waals surface area contributed by atoms with Gasteiger partial charge in [-0.2, -0.15) is 0 Å². The van der Waals surface area contributed by atoms with Gasteiger partial charge in [0.15, 0.2) is 11.5 Å². The first-order valence-corrected chi connectivity index (χ1v) is 8.98. The molecular weight excluding hydrogens is 340 g/mol. The van der Waals surface area contributed by atoms with E-state index in [9.17, 15) is 9.90 Å². The predicted octanol–water partition coefficient (Wildman–Crippen LogP) is 5.60. The second-order valence-electron chi connectivity index (χ2n) is 6.69. The average molecular weight is 370 g/mol. The third-order valence-corrected chi connectivity index (χ3v) is 3.88. The number of allylic oxidation sites excluding steroid dienone is 5. The van der Waals surface area contributed by atoms with E-state index < -0.39 is 5.97 Å². The summed E-state index contributed by atoms with van der Waals surface area (Å²) >= 11 is 0. The van der Waals surface area contributed by atoms with Crippen molar-refractivity contribution in [2.45, 2.75) is 40.5 Å². The molecule has 0 fully saturated rings. The van der Waals surface area contributed by atoms with Crippen LogP contribution in [0.1, 0.15) is 46.1 Å². The summed E-state index contributed by atoms with van der Waals surface area (Å²) in [6.07, 6.45) is 11.1. The number of methoxy groups -OCH3 is 1.